The van der Waals surface area contributed by atoms with Crippen molar-refractivity contribution in [3.8, 4) is 0 Å². The second kappa shape index (κ2) is 2.77. The van der Waals surface area contributed by atoms with Crippen molar-refractivity contribution in [2.24, 2.45) is 5.73 Å². The summed E-state index contributed by atoms with van der Waals surface area (Å²) in [5, 5.41) is 8.32. The van der Waals surface area contributed by atoms with E-state index in [4.69, 9.17) is 10.8 Å². The first kappa shape index (κ1) is 6.66. The molecule has 0 aromatic carbocycles. The fourth-order valence-electron chi connectivity index (χ4n) is 0.156. The second-order valence-electron chi connectivity index (χ2n) is 1.64. The summed E-state index contributed by atoms with van der Waals surface area (Å²) in [7, 11) is 0. The van der Waals surface area contributed by atoms with E-state index in [1.54, 1.807) is 6.92 Å². The van der Waals surface area contributed by atoms with Crippen molar-refractivity contribution in [2.75, 3.05) is 6.61 Å². The Balaban J connectivity index is 3.34. The predicted octanol–water partition coefficient (Wildman–Crippen LogP) is -0.118. The van der Waals surface area contributed by atoms with Gasteiger partial charge in [-0.15, -0.1) is 0 Å². The van der Waals surface area contributed by atoms with E-state index in [9.17, 15) is 0 Å². The Morgan fingerprint density at radius 1 is 2.00 bits per heavy atom. The van der Waals surface area contributed by atoms with Crippen molar-refractivity contribution >= 4 is 0 Å². The molecule has 0 aliphatic carbocycles. The summed E-state index contributed by atoms with van der Waals surface area (Å²) >= 11 is 0. The molecule has 0 aliphatic rings. The largest absolute Gasteiger partial charge is 0.394 e. The molecule has 2 heteroatoms. The quantitative estimate of drug-likeness (QED) is 0.476. The number of rotatable bonds is 2. The minimum atomic E-state index is -0.236. The predicted molar refractivity (Wildman–Crippen MR) is 29.9 cm³/mol. The molecule has 0 saturated heterocycles. The van der Waals surface area contributed by atoms with Gasteiger partial charge in [0.15, 0.2) is 0 Å². The topological polar surface area (TPSA) is 46.2 Å². The third-order valence-electron chi connectivity index (χ3n) is 0.830. The first-order valence-electron chi connectivity index (χ1n) is 2.20. The SMILES string of the molecule is C=C(C)[C@H](N)CO. The van der Waals surface area contributed by atoms with E-state index >= 15 is 0 Å². The third kappa shape index (κ3) is 2.37. The lowest BCUT2D eigenvalue weighted by Crippen LogP contribution is -2.24. The molecule has 0 heterocycles. The van der Waals surface area contributed by atoms with Crippen molar-refractivity contribution in [3.63, 3.8) is 0 Å². The van der Waals surface area contributed by atoms with Gasteiger partial charge in [0.25, 0.3) is 0 Å². The average molecular weight is 101 g/mol. The van der Waals surface area contributed by atoms with Crippen LogP contribution in [0.25, 0.3) is 0 Å². The van der Waals surface area contributed by atoms with Crippen molar-refractivity contribution in [2.45, 2.75) is 13.0 Å². The van der Waals surface area contributed by atoms with Crippen LogP contribution in [-0.4, -0.2) is 17.8 Å². The summed E-state index contributed by atoms with van der Waals surface area (Å²) in [5.74, 6) is 0. The fraction of sp³-hybridized carbons (Fsp3) is 0.600. The summed E-state index contributed by atoms with van der Waals surface area (Å²) in [4.78, 5) is 0. The van der Waals surface area contributed by atoms with Crippen LogP contribution in [0.4, 0.5) is 0 Å². The molecule has 7 heavy (non-hydrogen) atoms. The van der Waals surface area contributed by atoms with Gasteiger partial charge < -0.3 is 10.8 Å². The molecule has 0 rings (SSSR count). The van der Waals surface area contributed by atoms with Gasteiger partial charge in [0.1, 0.15) is 0 Å². The summed E-state index contributed by atoms with van der Waals surface area (Å²) in [6.07, 6.45) is 0. The van der Waals surface area contributed by atoms with Crippen LogP contribution in [0.3, 0.4) is 0 Å². The molecule has 0 radical (unpaired) electrons. The lowest BCUT2D eigenvalue weighted by molar-refractivity contribution is 0.279. The van der Waals surface area contributed by atoms with Gasteiger partial charge in [-0.25, -0.2) is 0 Å². The van der Waals surface area contributed by atoms with Crippen LogP contribution in [0.1, 0.15) is 6.92 Å². The van der Waals surface area contributed by atoms with E-state index in [0.29, 0.717) is 0 Å². The van der Waals surface area contributed by atoms with Crippen LogP contribution < -0.4 is 5.73 Å². The molecule has 0 unspecified atom stereocenters. The number of hydrogen-bond donors (Lipinski definition) is 2. The minimum absolute atomic E-state index is 0.00463. The Kier molecular flexibility index (Phi) is 2.64. The van der Waals surface area contributed by atoms with Crippen LogP contribution in [0.2, 0.25) is 0 Å². The number of nitrogens with two attached hydrogens (primary N) is 1. The van der Waals surface area contributed by atoms with E-state index in [-0.39, 0.29) is 12.6 Å². The highest BCUT2D eigenvalue weighted by Gasteiger charge is 1.96. The summed E-state index contributed by atoms with van der Waals surface area (Å²) in [5.41, 5.74) is 6.09. The zero-order valence-corrected chi connectivity index (χ0v) is 4.52. The van der Waals surface area contributed by atoms with Gasteiger partial charge in [-0.2, -0.15) is 0 Å². The fourth-order valence-corrected chi connectivity index (χ4v) is 0.156. The molecule has 2 nitrogen and oxygen atoms in total. The van der Waals surface area contributed by atoms with E-state index in [1.165, 1.54) is 0 Å². The lowest BCUT2D eigenvalue weighted by Gasteiger charge is -2.03. The van der Waals surface area contributed by atoms with Gasteiger partial charge >= 0.3 is 0 Å². The van der Waals surface area contributed by atoms with Crippen molar-refractivity contribution < 1.29 is 5.11 Å². The zero-order chi connectivity index (χ0) is 5.86. The summed E-state index contributed by atoms with van der Waals surface area (Å²) in [6.45, 7) is 5.33. The maximum atomic E-state index is 8.32. The Bertz CT molecular complexity index is 70.5. The molecule has 0 fully saturated rings. The van der Waals surface area contributed by atoms with Gasteiger partial charge in [0.2, 0.25) is 0 Å². The molecule has 0 saturated carbocycles. The van der Waals surface area contributed by atoms with Gasteiger partial charge in [-0.05, 0) is 6.92 Å². The summed E-state index contributed by atoms with van der Waals surface area (Å²) < 4.78 is 0. The highest BCUT2D eigenvalue weighted by Crippen LogP contribution is 1.89. The van der Waals surface area contributed by atoms with Crippen LogP contribution in [0.5, 0.6) is 0 Å². The third-order valence-corrected chi connectivity index (χ3v) is 0.830. The molecule has 0 spiro atoms. The van der Waals surface area contributed by atoms with E-state index in [2.05, 4.69) is 6.58 Å². The molecular formula is C5H11NO. The molecule has 0 aromatic rings. The Morgan fingerprint density at radius 3 is 2.43 bits per heavy atom. The number of aliphatic hydroxyl groups is 1. The van der Waals surface area contributed by atoms with Crippen molar-refractivity contribution in [1.29, 1.82) is 0 Å². The average Bonchev–Trinajstić information content (AvgIpc) is 1.65. The van der Waals surface area contributed by atoms with E-state index in [0.717, 1.165) is 5.57 Å². The zero-order valence-electron chi connectivity index (χ0n) is 4.52. The van der Waals surface area contributed by atoms with Crippen molar-refractivity contribution in [3.05, 3.63) is 12.2 Å². The van der Waals surface area contributed by atoms with Crippen LogP contribution in [-0.2, 0) is 0 Å². The van der Waals surface area contributed by atoms with Crippen LogP contribution >= 0.6 is 0 Å². The minimum Gasteiger partial charge on any atom is -0.394 e. The molecule has 42 valence electrons. The van der Waals surface area contributed by atoms with Gasteiger partial charge in [0.05, 0.1) is 6.61 Å². The van der Waals surface area contributed by atoms with Crippen LogP contribution in [0, 0.1) is 0 Å². The Labute approximate surface area is 43.6 Å². The van der Waals surface area contributed by atoms with Crippen LogP contribution in [0.15, 0.2) is 12.2 Å². The Morgan fingerprint density at radius 2 is 2.43 bits per heavy atom. The first-order valence-corrected chi connectivity index (χ1v) is 2.20. The van der Waals surface area contributed by atoms with E-state index < -0.39 is 0 Å². The maximum absolute atomic E-state index is 8.32. The van der Waals surface area contributed by atoms with E-state index in [1.807, 2.05) is 0 Å². The highest BCUT2D eigenvalue weighted by atomic mass is 16.3. The number of hydrogen-bond acceptors (Lipinski definition) is 2. The maximum Gasteiger partial charge on any atom is 0.0620 e. The van der Waals surface area contributed by atoms with Gasteiger partial charge in [-0.1, -0.05) is 12.2 Å². The summed E-state index contributed by atoms with van der Waals surface area (Å²) in [6, 6.07) is -0.236. The monoisotopic (exact) mass is 101 g/mol. The first-order chi connectivity index (χ1) is 3.18. The Hall–Kier alpha value is -0.340. The van der Waals surface area contributed by atoms with Gasteiger partial charge in [-0.3, -0.25) is 0 Å². The normalized spacial score (nSPS) is 13.6. The second-order valence-corrected chi connectivity index (χ2v) is 1.64. The molecule has 0 aromatic heterocycles. The van der Waals surface area contributed by atoms with Crippen molar-refractivity contribution in [1.82, 2.24) is 0 Å². The molecule has 1 atom stereocenters. The van der Waals surface area contributed by atoms with Gasteiger partial charge in [0, 0.05) is 6.04 Å². The molecular weight excluding hydrogens is 90.1 g/mol. The lowest BCUT2D eigenvalue weighted by atomic mass is 10.2. The number of aliphatic hydroxyl groups excluding tert-OH is 1. The molecule has 0 aliphatic heterocycles. The molecule has 0 amide bonds. The molecule has 3 N–H and O–H groups in total. The highest BCUT2D eigenvalue weighted by molar-refractivity contribution is 4.98. The smallest absolute Gasteiger partial charge is 0.0620 e. The molecule has 0 bridgehead atoms. The standard InChI is InChI=1S/C5H11NO/c1-4(2)5(6)3-7/h5,7H,1,3,6H2,2H3/t5-/m1/s1.